The van der Waals surface area contributed by atoms with Gasteiger partial charge < -0.3 is 4.57 Å². The lowest BCUT2D eigenvalue weighted by atomic mass is 10.1. The van der Waals surface area contributed by atoms with Gasteiger partial charge in [-0.2, -0.15) is 5.10 Å². The summed E-state index contributed by atoms with van der Waals surface area (Å²) < 4.78 is 2.45. The average Bonchev–Trinajstić information content (AvgIpc) is 3.17. The quantitative estimate of drug-likeness (QED) is 0.196. The third-order valence-corrected chi connectivity index (χ3v) is 5.86. The van der Waals surface area contributed by atoms with Crippen molar-refractivity contribution >= 4 is 39.4 Å². The summed E-state index contributed by atoms with van der Waals surface area (Å²) in [6.45, 7) is 3.29. The minimum absolute atomic E-state index is 1.03. The molecule has 0 fully saturated rings. The van der Waals surface area contributed by atoms with E-state index in [1.54, 1.807) is 0 Å². The fourth-order valence-electron chi connectivity index (χ4n) is 4.25. The molecule has 0 atom stereocenters. The van der Waals surface area contributed by atoms with Gasteiger partial charge in [-0.25, -0.2) is 5.01 Å². The number of para-hydroxylation sites is 3. The molecule has 1 aromatic heterocycles. The van der Waals surface area contributed by atoms with Gasteiger partial charge in [-0.3, -0.25) is 0 Å². The molecule has 0 amide bonds. The molecule has 0 aliphatic heterocycles. The molecule has 0 bridgehead atoms. The van der Waals surface area contributed by atoms with Crippen molar-refractivity contribution in [3.8, 4) is 0 Å². The Hall–Kier alpha value is -3.85. The van der Waals surface area contributed by atoms with Crippen LogP contribution in [0, 0.1) is 0 Å². The van der Waals surface area contributed by atoms with Crippen molar-refractivity contribution < 1.29 is 0 Å². The number of fused-ring (bicyclic) bond motifs is 3. The highest BCUT2D eigenvalue weighted by Crippen LogP contribution is 2.30. The van der Waals surface area contributed by atoms with Crippen LogP contribution in [0.25, 0.3) is 21.8 Å². The van der Waals surface area contributed by atoms with E-state index in [1.165, 1.54) is 34.6 Å². The Bertz CT molecular complexity index is 1310. The minimum atomic E-state index is 1.03. The molecule has 32 heavy (non-hydrogen) atoms. The summed E-state index contributed by atoms with van der Waals surface area (Å²) in [6.07, 6.45) is 4.32. The van der Waals surface area contributed by atoms with E-state index in [4.69, 9.17) is 5.10 Å². The molecule has 0 aliphatic rings. The Morgan fingerprint density at radius 3 is 2.03 bits per heavy atom. The van der Waals surface area contributed by atoms with Crippen LogP contribution in [0.3, 0.4) is 0 Å². The Morgan fingerprint density at radius 2 is 1.34 bits per heavy atom. The lowest BCUT2D eigenvalue weighted by molar-refractivity contribution is 0.665. The van der Waals surface area contributed by atoms with Gasteiger partial charge in [0.05, 0.1) is 17.6 Å². The largest absolute Gasteiger partial charge is 0.340 e. The fraction of sp³-hybridized carbons (Fsp3) is 0.138. The van der Waals surface area contributed by atoms with Gasteiger partial charge in [0.25, 0.3) is 0 Å². The second-order valence-corrected chi connectivity index (χ2v) is 8.03. The maximum absolute atomic E-state index is 4.88. The number of benzene rings is 4. The van der Waals surface area contributed by atoms with Crippen LogP contribution in [0.4, 0.5) is 11.4 Å². The fourth-order valence-corrected chi connectivity index (χ4v) is 4.25. The van der Waals surface area contributed by atoms with Crippen LogP contribution >= 0.6 is 0 Å². The first-order valence-electron chi connectivity index (χ1n) is 11.3. The predicted octanol–water partition coefficient (Wildman–Crippen LogP) is 7.77. The molecule has 0 spiro atoms. The molecule has 3 heteroatoms. The Kier molecular flexibility index (Phi) is 5.71. The highest BCUT2D eigenvalue weighted by atomic mass is 15.5. The van der Waals surface area contributed by atoms with E-state index in [2.05, 4.69) is 78.2 Å². The van der Waals surface area contributed by atoms with E-state index in [0.717, 1.165) is 23.5 Å². The van der Waals surface area contributed by atoms with Crippen LogP contribution in [0.1, 0.15) is 25.3 Å². The summed E-state index contributed by atoms with van der Waals surface area (Å²) in [6, 6.07) is 35.9. The molecular formula is C29H27N3. The van der Waals surface area contributed by atoms with Crippen molar-refractivity contribution in [2.75, 3.05) is 5.01 Å². The van der Waals surface area contributed by atoms with Crippen molar-refractivity contribution in [2.24, 2.45) is 5.10 Å². The van der Waals surface area contributed by atoms with Crippen molar-refractivity contribution in [2.45, 2.75) is 26.3 Å². The smallest absolute Gasteiger partial charge is 0.0652 e. The van der Waals surface area contributed by atoms with Gasteiger partial charge in [-0.15, -0.1) is 0 Å². The highest BCUT2D eigenvalue weighted by Gasteiger charge is 2.11. The second kappa shape index (κ2) is 9.11. The number of nitrogens with zero attached hydrogens (tertiary/aromatic N) is 3. The van der Waals surface area contributed by atoms with Crippen LogP contribution in [0.5, 0.6) is 0 Å². The van der Waals surface area contributed by atoms with E-state index in [1.807, 2.05) is 47.6 Å². The number of rotatable bonds is 7. The molecule has 1 heterocycles. The predicted molar refractivity (Wildman–Crippen MR) is 137 cm³/mol. The number of anilines is 2. The monoisotopic (exact) mass is 417 g/mol. The van der Waals surface area contributed by atoms with Crippen LogP contribution in [-0.4, -0.2) is 10.8 Å². The minimum Gasteiger partial charge on any atom is -0.340 e. The van der Waals surface area contributed by atoms with E-state index in [-0.39, 0.29) is 0 Å². The number of hydrogen-bond donors (Lipinski definition) is 0. The molecule has 0 saturated carbocycles. The van der Waals surface area contributed by atoms with Crippen LogP contribution in [0.2, 0.25) is 0 Å². The number of aromatic nitrogens is 1. The van der Waals surface area contributed by atoms with Crippen molar-refractivity contribution in [1.82, 2.24) is 4.57 Å². The molecule has 0 unspecified atom stereocenters. The standard InChI is InChI=1S/C29H27N3/c1-2-3-20-31-28-17-11-10-16-26(28)27-21-23(18-19-29(27)31)22-30-32(24-12-6-4-7-13-24)25-14-8-5-9-15-25/h4-19,21-22H,2-3,20H2,1H3. The lowest BCUT2D eigenvalue weighted by Crippen LogP contribution is -2.09. The van der Waals surface area contributed by atoms with Gasteiger partial charge in [0.1, 0.15) is 0 Å². The Labute approximate surface area is 189 Å². The van der Waals surface area contributed by atoms with Crippen molar-refractivity contribution in [3.05, 3.63) is 109 Å². The first kappa shape index (κ1) is 20.1. The number of aryl methyl sites for hydroxylation is 1. The molecular weight excluding hydrogens is 390 g/mol. The number of hydrazone groups is 1. The maximum atomic E-state index is 4.88. The van der Waals surface area contributed by atoms with Gasteiger partial charge in [-0.1, -0.05) is 74.0 Å². The first-order valence-corrected chi connectivity index (χ1v) is 11.3. The Morgan fingerprint density at radius 1 is 0.719 bits per heavy atom. The van der Waals surface area contributed by atoms with Crippen molar-refractivity contribution in [1.29, 1.82) is 0 Å². The van der Waals surface area contributed by atoms with Crippen LogP contribution in [0.15, 0.2) is 108 Å². The van der Waals surface area contributed by atoms with Gasteiger partial charge in [0.2, 0.25) is 0 Å². The van der Waals surface area contributed by atoms with Gasteiger partial charge in [-0.05, 0) is 54.4 Å². The summed E-state index contributed by atoms with van der Waals surface area (Å²) in [4.78, 5) is 0. The zero-order valence-electron chi connectivity index (χ0n) is 18.4. The van der Waals surface area contributed by atoms with Crippen molar-refractivity contribution in [3.63, 3.8) is 0 Å². The van der Waals surface area contributed by atoms with E-state index >= 15 is 0 Å². The molecule has 3 nitrogen and oxygen atoms in total. The average molecular weight is 418 g/mol. The first-order chi connectivity index (χ1) is 15.8. The van der Waals surface area contributed by atoms with Gasteiger partial charge in [0, 0.05) is 28.4 Å². The van der Waals surface area contributed by atoms with E-state index in [0.29, 0.717) is 0 Å². The number of unbranched alkanes of at least 4 members (excludes halogenated alkanes) is 1. The van der Waals surface area contributed by atoms with Gasteiger partial charge >= 0.3 is 0 Å². The lowest BCUT2D eigenvalue weighted by Gasteiger charge is -2.19. The molecule has 0 saturated heterocycles. The summed E-state index contributed by atoms with van der Waals surface area (Å²) >= 11 is 0. The summed E-state index contributed by atoms with van der Waals surface area (Å²) in [7, 11) is 0. The van der Waals surface area contributed by atoms with Gasteiger partial charge in [0.15, 0.2) is 0 Å². The van der Waals surface area contributed by atoms with E-state index < -0.39 is 0 Å². The molecule has 0 N–H and O–H groups in total. The molecule has 0 radical (unpaired) electrons. The van der Waals surface area contributed by atoms with Crippen LogP contribution < -0.4 is 5.01 Å². The molecule has 5 aromatic rings. The zero-order valence-corrected chi connectivity index (χ0v) is 18.4. The normalized spacial score (nSPS) is 11.5. The summed E-state index contributed by atoms with van der Waals surface area (Å²) in [5, 5.41) is 9.45. The third-order valence-electron chi connectivity index (χ3n) is 5.86. The summed E-state index contributed by atoms with van der Waals surface area (Å²) in [5.41, 5.74) is 5.76. The maximum Gasteiger partial charge on any atom is 0.0652 e. The topological polar surface area (TPSA) is 20.5 Å². The number of hydrogen-bond acceptors (Lipinski definition) is 2. The third kappa shape index (κ3) is 3.90. The molecule has 4 aromatic carbocycles. The summed E-state index contributed by atoms with van der Waals surface area (Å²) in [5.74, 6) is 0. The Balaban J connectivity index is 1.56. The van der Waals surface area contributed by atoms with Crippen LogP contribution in [-0.2, 0) is 6.54 Å². The molecule has 158 valence electrons. The SMILES string of the molecule is CCCCn1c2ccccc2c2cc(C=NN(c3ccccc3)c3ccccc3)ccc21. The molecule has 5 rings (SSSR count). The van der Waals surface area contributed by atoms with E-state index in [9.17, 15) is 0 Å². The second-order valence-electron chi connectivity index (χ2n) is 8.03. The zero-order chi connectivity index (χ0) is 21.8. The highest BCUT2D eigenvalue weighted by molar-refractivity contribution is 6.09. The molecule has 0 aliphatic carbocycles.